The monoisotopic (exact) mass is 347 g/mol. The molecule has 0 radical (unpaired) electrons. The molecule has 112 valence electrons. The molecule has 1 atom stereocenters. The van der Waals surface area contributed by atoms with Crippen molar-refractivity contribution in [3.05, 3.63) is 0 Å². The molecule has 0 bridgehead atoms. The molecule has 0 aromatic rings. The van der Waals surface area contributed by atoms with E-state index in [9.17, 15) is 0 Å². The fourth-order valence-corrected chi connectivity index (χ4v) is 5.29. The highest BCUT2D eigenvalue weighted by Gasteiger charge is 2.32. The highest BCUT2D eigenvalue weighted by Crippen LogP contribution is 2.38. The maximum atomic E-state index is 3.84. The van der Waals surface area contributed by atoms with Gasteiger partial charge in [0.25, 0.3) is 0 Å². The zero-order chi connectivity index (χ0) is 13.6. The quantitative estimate of drug-likeness (QED) is 0.523. The van der Waals surface area contributed by atoms with Gasteiger partial charge >= 0.3 is 0 Å². The van der Waals surface area contributed by atoms with Crippen LogP contribution in [0.4, 0.5) is 0 Å². The third kappa shape index (κ3) is 4.93. The zero-order valence-electron chi connectivity index (χ0n) is 12.5. The minimum Gasteiger partial charge on any atom is -0.303 e. The van der Waals surface area contributed by atoms with Crippen LogP contribution in [0.25, 0.3) is 0 Å². The van der Waals surface area contributed by atoms with Crippen molar-refractivity contribution in [3.8, 4) is 0 Å². The van der Waals surface area contributed by atoms with Crippen molar-refractivity contribution in [3.63, 3.8) is 0 Å². The molecule has 1 saturated carbocycles. The Morgan fingerprint density at radius 1 is 1.05 bits per heavy atom. The van der Waals surface area contributed by atoms with Gasteiger partial charge in [0, 0.05) is 17.1 Å². The molecular formula is C16H30BrNS. The van der Waals surface area contributed by atoms with Crippen LogP contribution in [-0.4, -0.2) is 41.4 Å². The highest BCUT2D eigenvalue weighted by atomic mass is 79.9. The van der Waals surface area contributed by atoms with Gasteiger partial charge in [0.15, 0.2) is 0 Å². The van der Waals surface area contributed by atoms with Crippen LogP contribution >= 0.6 is 27.7 Å². The van der Waals surface area contributed by atoms with Gasteiger partial charge in [0.2, 0.25) is 0 Å². The summed E-state index contributed by atoms with van der Waals surface area (Å²) in [5.74, 6) is 0. The predicted octanol–water partition coefficient (Wildman–Crippen LogP) is 4.94. The van der Waals surface area contributed by atoms with E-state index in [1.807, 2.05) is 0 Å². The number of alkyl halides is 1. The minimum atomic E-state index is 0.579. The second-order valence-electron chi connectivity index (χ2n) is 6.61. The molecule has 1 aliphatic carbocycles. The Hall–Kier alpha value is 0.790. The number of nitrogens with zero attached hydrogens (tertiary/aromatic N) is 1. The zero-order valence-corrected chi connectivity index (χ0v) is 14.9. The fourth-order valence-electron chi connectivity index (χ4n) is 3.81. The molecule has 1 aliphatic heterocycles. The third-order valence-electron chi connectivity index (χ3n) is 5.11. The standard InChI is InChI=1S/C16H30BrNS/c1-19-15-7-6-11-18(12-8-15)14-16(13-17)9-4-2-3-5-10-16/h15H,2-14H2,1H3. The van der Waals surface area contributed by atoms with Gasteiger partial charge in [-0.2, -0.15) is 11.8 Å². The molecular weight excluding hydrogens is 318 g/mol. The summed E-state index contributed by atoms with van der Waals surface area (Å²) in [6, 6.07) is 0. The molecule has 0 aromatic heterocycles. The SMILES string of the molecule is CSC1CCCN(CC2(CBr)CCCCCC2)CC1. The first kappa shape index (κ1) is 16.2. The topological polar surface area (TPSA) is 3.24 Å². The van der Waals surface area contributed by atoms with Crippen molar-refractivity contribution in [2.75, 3.05) is 31.2 Å². The van der Waals surface area contributed by atoms with Crippen molar-refractivity contribution in [2.24, 2.45) is 5.41 Å². The lowest BCUT2D eigenvalue weighted by atomic mass is 9.82. The van der Waals surface area contributed by atoms with E-state index in [4.69, 9.17) is 0 Å². The lowest BCUT2D eigenvalue weighted by molar-refractivity contribution is 0.155. The summed E-state index contributed by atoms with van der Waals surface area (Å²) in [5.41, 5.74) is 0.579. The molecule has 2 aliphatic rings. The summed E-state index contributed by atoms with van der Waals surface area (Å²) in [6.07, 6.45) is 15.2. The van der Waals surface area contributed by atoms with E-state index in [0.717, 1.165) is 5.25 Å². The molecule has 0 spiro atoms. The number of halogens is 1. The molecule has 3 heteroatoms. The molecule has 0 N–H and O–H groups in total. The second-order valence-corrected chi connectivity index (χ2v) is 8.31. The van der Waals surface area contributed by atoms with E-state index in [-0.39, 0.29) is 0 Å². The van der Waals surface area contributed by atoms with Crippen LogP contribution < -0.4 is 0 Å². The molecule has 2 fully saturated rings. The molecule has 1 unspecified atom stereocenters. The number of hydrogen-bond donors (Lipinski definition) is 0. The van der Waals surface area contributed by atoms with Crippen LogP contribution in [0.1, 0.15) is 57.8 Å². The molecule has 2 rings (SSSR count). The Morgan fingerprint density at radius 3 is 2.42 bits per heavy atom. The molecule has 1 saturated heterocycles. The largest absolute Gasteiger partial charge is 0.303 e. The van der Waals surface area contributed by atoms with Crippen molar-refractivity contribution >= 4 is 27.7 Å². The van der Waals surface area contributed by atoms with Crippen LogP contribution in [0.5, 0.6) is 0 Å². The summed E-state index contributed by atoms with van der Waals surface area (Å²) < 4.78 is 0. The Bertz CT molecular complexity index is 251. The Labute approximate surface area is 132 Å². The Balaban J connectivity index is 1.89. The normalized spacial score (nSPS) is 29.7. The van der Waals surface area contributed by atoms with Gasteiger partial charge in [-0.15, -0.1) is 0 Å². The Morgan fingerprint density at radius 2 is 1.79 bits per heavy atom. The van der Waals surface area contributed by atoms with Gasteiger partial charge in [0.1, 0.15) is 0 Å². The second kappa shape index (κ2) is 8.29. The average molecular weight is 348 g/mol. The van der Waals surface area contributed by atoms with Crippen molar-refractivity contribution < 1.29 is 0 Å². The van der Waals surface area contributed by atoms with E-state index < -0.39 is 0 Å². The molecule has 19 heavy (non-hydrogen) atoms. The summed E-state index contributed by atoms with van der Waals surface area (Å²) in [7, 11) is 0. The first-order valence-electron chi connectivity index (χ1n) is 8.09. The lowest BCUT2D eigenvalue weighted by Gasteiger charge is -2.36. The summed E-state index contributed by atoms with van der Waals surface area (Å²) in [5, 5.41) is 2.13. The van der Waals surface area contributed by atoms with E-state index in [2.05, 4.69) is 38.8 Å². The van der Waals surface area contributed by atoms with Crippen LogP contribution in [0, 0.1) is 5.41 Å². The number of hydrogen-bond acceptors (Lipinski definition) is 2. The molecule has 0 amide bonds. The van der Waals surface area contributed by atoms with E-state index in [0.29, 0.717) is 5.41 Å². The fraction of sp³-hybridized carbons (Fsp3) is 1.00. The smallest absolute Gasteiger partial charge is 0.0100 e. The van der Waals surface area contributed by atoms with Gasteiger partial charge in [0.05, 0.1) is 0 Å². The minimum absolute atomic E-state index is 0.579. The van der Waals surface area contributed by atoms with E-state index in [1.165, 1.54) is 82.8 Å². The van der Waals surface area contributed by atoms with Gasteiger partial charge in [-0.1, -0.05) is 41.6 Å². The first-order valence-corrected chi connectivity index (χ1v) is 10.5. The Kier molecular flexibility index (Phi) is 7.05. The number of rotatable bonds is 4. The van der Waals surface area contributed by atoms with Crippen LogP contribution in [0.15, 0.2) is 0 Å². The summed E-state index contributed by atoms with van der Waals surface area (Å²) >= 11 is 5.92. The maximum Gasteiger partial charge on any atom is 0.0100 e. The van der Waals surface area contributed by atoms with E-state index in [1.54, 1.807) is 0 Å². The van der Waals surface area contributed by atoms with Crippen LogP contribution in [-0.2, 0) is 0 Å². The molecule has 0 aromatic carbocycles. The summed E-state index contributed by atoms with van der Waals surface area (Å²) in [6.45, 7) is 4.02. The van der Waals surface area contributed by atoms with Gasteiger partial charge in [-0.05, 0) is 56.9 Å². The van der Waals surface area contributed by atoms with Gasteiger partial charge < -0.3 is 4.90 Å². The van der Waals surface area contributed by atoms with Crippen molar-refractivity contribution in [1.29, 1.82) is 0 Å². The van der Waals surface area contributed by atoms with Crippen molar-refractivity contribution in [1.82, 2.24) is 4.90 Å². The molecule has 1 nitrogen and oxygen atoms in total. The summed E-state index contributed by atoms with van der Waals surface area (Å²) in [4.78, 5) is 2.78. The van der Waals surface area contributed by atoms with Crippen LogP contribution in [0.2, 0.25) is 0 Å². The highest BCUT2D eigenvalue weighted by molar-refractivity contribution is 9.09. The van der Waals surface area contributed by atoms with E-state index >= 15 is 0 Å². The predicted molar refractivity (Wildman–Crippen MR) is 91.5 cm³/mol. The van der Waals surface area contributed by atoms with Gasteiger partial charge in [-0.3, -0.25) is 0 Å². The molecule has 1 heterocycles. The third-order valence-corrected chi connectivity index (χ3v) is 7.44. The lowest BCUT2D eigenvalue weighted by Crippen LogP contribution is -2.39. The number of thioether (sulfide) groups is 1. The average Bonchev–Trinajstić information content (AvgIpc) is 2.80. The maximum absolute atomic E-state index is 3.84. The number of likely N-dealkylation sites (tertiary alicyclic amines) is 1. The van der Waals surface area contributed by atoms with Crippen molar-refractivity contribution in [2.45, 2.75) is 63.0 Å². The first-order chi connectivity index (χ1) is 9.28. The van der Waals surface area contributed by atoms with Gasteiger partial charge in [-0.25, -0.2) is 0 Å². The van der Waals surface area contributed by atoms with Crippen LogP contribution in [0.3, 0.4) is 0 Å².